The number of halogens is 2. The molecule has 1 aromatic heterocycles. The highest BCUT2D eigenvalue weighted by Gasteiger charge is 2.12. The Hall–Kier alpha value is -1.68. The Labute approximate surface area is 193 Å². The largest absolute Gasteiger partial charge is 0.455 e. The molecule has 3 rings (SSSR count). The third-order valence-electron chi connectivity index (χ3n) is 3.72. The van der Waals surface area contributed by atoms with Crippen LogP contribution in [0.25, 0.3) is 11.3 Å². The number of hydrogen-bond acceptors (Lipinski definition) is 6. The van der Waals surface area contributed by atoms with Crippen molar-refractivity contribution < 1.29 is 14.3 Å². The minimum absolute atomic E-state index is 0.139. The molecular formula is C20H16Br2N2O3S2. The van der Waals surface area contributed by atoms with Gasteiger partial charge in [-0.15, -0.1) is 23.1 Å². The van der Waals surface area contributed by atoms with Crippen molar-refractivity contribution in [2.75, 3.05) is 17.7 Å². The second-order valence-electron chi connectivity index (χ2n) is 5.96. The number of hydrogen-bond donors (Lipinski definition) is 1. The van der Waals surface area contributed by atoms with Crippen molar-refractivity contribution in [3.05, 3.63) is 62.4 Å². The van der Waals surface area contributed by atoms with Gasteiger partial charge >= 0.3 is 5.97 Å². The molecule has 1 N–H and O–H groups in total. The Bertz CT molecular complexity index is 1040. The second kappa shape index (κ2) is 10.4. The van der Waals surface area contributed by atoms with Gasteiger partial charge in [-0.1, -0.05) is 44.0 Å². The number of amides is 1. The number of anilines is 1. The molecule has 0 bridgehead atoms. The molecule has 150 valence electrons. The van der Waals surface area contributed by atoms with Crippen LogP contribution in [0.4, 0.5) is 5.13 Å². The highest BCUT2D eigenvalue weighted by Crippen LogP contribution is 2.27. The van der Waals surface area contributed by atoms with Crippen molar-refractivity contribution in [1.82, 2.24) is 4.98 Å². The molecule has 0 unspecified atom stereocenters. The smallest absolute Gasteiger partial charge is 0.316 e. The molecule has 0 aliphatic carbocycles. The number of thioether (sulfide) groups is 1. The molecule has 0 radical (unpaired) electrons. The van der Waals surface area contributed by atoms with E-state index in [9.17, 15) is 9.59 Å². The van der Waals surface area contributed by atoms with Gasteiger partial charge in [-0.3, -0.25) is 14.9 Å². The number of ether oxygens (including phenoxy) is 1. The quantitative estimate of drug-likeness (QED) is 0.289. The molecule has 0 atom stereocenters. The predicted molar refractivity (Wildman–Crippen MR) is 124 cm³/mol. The van der Waals surface area contributed by atoms with Crippen molar-refractivity contribution >= 4 is 72.0 Å². The van der Waals surface area contributed by atoms with Gasteiger partial charge in [0.15, 0.2) is 11.7 Å². The van der Waals surface area contributed by atoms with Gasteiger partial charge in [0.1, 0.15) is 0 Å². The summed E-state index contributed by atoms with van der Waals surface area (Å²) < 4.78 is 7.00. The van der Waals surface area contributed by atoms with Crippen LogP contribution in [0.5, 0.6) is 0 Å². The number of nitrogens with zero attached hydrogens (tertiary/aromatic N) is 1. The van der Waals surface area contributed by atoms with Gasteiger partial charge in [-0.05, 0) is 42.8 Å². The van der Waals surface area contributed by atoms with E-state index in [0.717, 1.165) is 30.7 Å². The Morgan fingerprint density at radius 1 is 1.17 bits per heavy atom. The third-order valence-corrected chi connectivity index (χ3v) is 6.61. The van der Waals surface area contributed by atoms with E-state index in [1.807, 2.05) is 54.8 Å². The number of rotatable bonds is 7. The van der Waals surface area contributed by atoms with E-state index < -0.39 is 11.9 Å². The van der Waals surface area contributed by atoms with Crippen LogP contribution in [-0.2, 0) is 14.3 Å². The van der Waals surface area contributed by atoms with E-state index in [-0.39, 0.29) is 12.4 Å². The zero-order valence-corrected chi connectivity index (χ0v) is 20.1. The van der Waals surface area contributed by atoms with Crippen LogP contribution in [0.2, 0.25) is 0 Å². The number of aromatic nitrogens is 1. The van der Waals surface area contributed by atoms with Crippen molar-refractivity contribution in [2.45, 2.75) is 11.8 Å². The summed E-state index contributed by atoms with van der Waals surface area (Å²) in [7, 11) is 0. The standard InChI is InChI=1S/C20H16Br2N2O3S2/c1-12-7-15(22)5-6-17(12)28-11-19(26)27-9-18(25)24-20-23-16(10-29-20)13-3-2-4-14(21)8-13/h2-8,10H,9,11H2,1H3,(H,23,24,25). The normalized spacial score (nSPS) is 10.6. The average molecular weight is 556 g/mol. The monoisotopic (exact) mass is 554 g/mol. The van der Waals surface area contributed by atoms with Gasteiger partial charge in [0, 0.05) is 24.8 Å². The van der Waals surface area contributed by atoms with E-state index >= 15 is 0 Å². The lowest BCUT2D eigenvalue weighted by Gasteiger charge is -2.07. The molecule has 0 aliphatic rings. The zero-order chi connectivity index (χ0) is 20.8. The van der Waals surface area contributed by atoms with Gasteiger partial charge in [0.25, 0.3) is 5.91 Å². The number of aryl methyl sites for hydroxylation is 1. The Morgan fingerprint density at radius 2 is 1.97 bits per heavy atom. The Kier molecular flexibility index (Phi) is 7.88. The average Bonchev–Trinajstić information content (AvgIpc) is 3.14. The first-order valence-electron chi connectivity index (χ1n) is 8.46. The molecule has 0 aliphatic heterocycles. The molecule has 1 heterocycles. The van der Waals surface area contributed by atoms with E-state index in [4.69, 9.17) is 4.74 Å². The van der Waals surface area contributed by atoms with E-state index in [0.29, 0.717) is 5.13 Å². The molecule has 2 aromatic carbocycles. The van der Waals surface area contributed by atoms with Gasteiger partial charge in [0.05, 0.1) is 11.4 Å². The molecule has 0 saturated heterocycles. The molecule has 3 aromatic rings. The number of carbonyl (C=O) groups excluding carboxylic acids is 2. The highest BCUT2D eigenvalue weighted by molar-refractivity contribution is 9.10. The van der Waals surface area contributed by atoms with Gasteiger partial charge in [-0.2, -0.15) is 0 Å². The molecule has 29 heavy (non-hydrogen) atoms. The Balaban J connectivity index is 1.45. The number of carbonyl (C=O) groups is 2. The SMILES string of the molecule is Cc1cc(Br)ccc1SCC(=O)OCC(=O)Nc1nc(-c2cccc(Br)c2)cs1. The highest BCUT2D eigenvalue weighted by atomic mass is 79.9. The fraction of sp³-hybridized carbons (Fsp3) is 0.150. The lowest BCUT2D eigenvalue weighted by Crippen LogP contribution is -2.21. The maximum absolute atomic E-state index is 12.0. The minimum Gasteiger partial charge on any atom is -0.455 e. The molecule has 9 heteroatoms. The number of esters is 1. The summed E-state index contributed by atoms with van der Waals surface area (Å²) in [5.74, 6) is -0.722. The molecule has 0 fully saturated rings. The zero-order valence-electron chi connectivity index (χ0n) is 15.3. The van der Waals surface area contributed by atoms with Crippen LogP contribution in [0.15, 0.2) is 61.7 Å². The van der Waals surface area contributed by atoms with Gasteiger partial charge < -0.3 is 4.74 Å². The fourth-order valence-corrected chi connectivity index (χ4v) is 4.78. The number of thiazole rings is 1. The molecule has 5 nitrogen and oxygen atoms in total. The fourth-order valence-electron chi connectivity index (χ4n) is 2.37. The van der Waals surface area contributed by atoms with Crippen LogP contribution < -0.4 is 5.32 Å². The third kappa shape index (κ3) is 6.67. The van der Waals surface area contributed by atoms with Crippen molar-refractivity contribution in [1.29, 1.82) is 0 Å². The topological polar surface area (TPSA) is 68.3 Å². The lowest BCUT2D eigenvalue weighted by molar-refractivity contribution is -0.144. The number of nitrogens with one attached hydrogen (secondary N) is 1. The lowest BCUT2D eigenvalue weighted by atomic mass is 10.2. The van der Waals surface area contributed by atoms with Crippen LogP contribution >= 0.6 is 55.0 Å². The van der Waals surface area contributed by atoms with E-state index in [1.54, 1.807) is 0 Å². The molecule has 1 amide bonds. The summed E-state index contributed by atoms with van der Waals surface area (Å²) in [6.45, 7) is 1.63. The summed E-state index contributed by atoms with van der Waals surface area (Å²) in [5, 5.41) is 4.98. The number of benzene rings is 2. The van der Waals surface area contributed by atoms with Crippen LogP contribution in [0, 0.1) is 6.92 Å². The minimum atomic E-state index is -0.443. The first kappa shape index (κ1) is 22.0. The summed E-state index contributed by atoms with van der Waals surface area (Å²) in [6, 6.07) is 13.6. The second-order valence-corrected chi connectivity index (χ2v) is 9.66. The summed E-state index contributed by atoms with van der Waals surface area (Å²) in [5.41, 5.74) is 2.78. The van der Waals surface area contributed by atoms with Crippen LogP contribution in [0.3, 0.4) is 0 Å². The first-order chi connectivity index (χ1) is 13.9. The maximum Gasteiger partial charge on any atom is 0.316 e. The molecule has 0 spiro atoms. The van der Waals surface area contributed by atoms with Gasteiger partial charge in [0.2, 0.25) is 0 Å². The van der Waals surface area contributed by atoms with E-state index in [1.165, 1.54) is 23.1 Å². The Morgan fingerprint density at radius 3 is 2.72 bits per heavy atom. The van der Waals surface area contributed by atoms with Crippen molar-refractivity contribution in [3.8, 4) is 11.3 Å². The molecule has 0 saturated carbocycles. The van der Waals surface area contributed by atoms with Crippen molar-refractivity contribution in [3.63, 3.8) is 0 Å². The first-order valence-corrected chi connectivity index (χ1v) is 11.9. The van der Waals surface area contributed by atoms with Crippen LogP contribution in [-0.4, -0.2) is 29.2 Å². The van der Waals surface area contributed by atoms with Crippen LogP contribution in [0.1, 0.15) is 5.56 Å². The summed E-state index contributed by atoms with van der Waals surface area (Å²) in [6.07, 6.45) is 0. The predicted octanol–water partition coefficient (Wildman–Crippen LogP) is 5.92. The van der Waals surface area contributed by atoms with E-state index in [2.05, 4.69) is 42.2 Å². The maximum atomic E-state index is 12.0. The van der Waals surface area contributed by atoms with Gasteiger partial charge in [-0.25, -0.2) is 4.98 Å². The van der Waals surface area contributed by atoms with Crippen molar-refractivity contribution in [2.24, 2.45) is 0 Å². The molecular weight excluding hydrogens is 540 g/mol. The summed E-state index contributed by atoms with van der Waals surface area (Å²) in [4.78, 5) is 29.4. The summed E-state index contributed by atoms with van der Waals surface area (Å²) >= 11 is 9.54.